The van der Waals surface area contributed by atoms with Crippen molar-refractivity contribution in [2.45, 2.75) is 399 Å². The molecule has 9 nitrogen and oxygen atoms in total. The van der Waals surface area contributed by atoms with Gasteiger partial charge in [0.25, 0.3) is 0 Å². The molecule has 0 aliphatic carbocycles. The van der Waals surface area contributed by atoms with Gasteiger partial charge in [0, 0.05) is 12.8 Å². The number of allylic oxidation sites excluding steroid dienone is 14. The zero-order valence-electron chi connectivity index (χ0n) is 63.3. The Morgan fingerprint density at radius 1 is 0.326 bits per heavy atom. The van der Waals surface area contributed by atoms with Crippen LogP contribution in [0.25, 0.3) is 0 Å². The molecule has 2 unspecified atom stereocenters. The Hall–Kier alpha value is -3.53. The molecule has 0 saturated carbocycles. The molecule has 0 heterocycles. The van der Waals surface area contributed by atoms with Crippen molar-refractivity contribution in [1.82, 2.24) is 0 Å². The van der Waals surface area contributed by atoms with Gasteiger partial charge < -0.3 is 33.3 Å². The molecule has 0 N–H and O–H groups in total. The summed E-state index contributed by atoms with van der Waals surface area (Å²) in [4.78, 5) is 37.6. The maximum atomic E-state index is 13.0. The van der Waals surface area contributed by atoms with Crippen LogP contribution < -0.4 is 5.11 Å². The quantitative estimate of drug-likeness (QED) is 0.0195. The maximum Gasteiger partial charge on any atom is 0.306 e. The second kappa shape index (κ2) is 76.2. The van der Waals surface area contributed by atoms with E-state index in [1.807, 2.05) is 21.1 Å². The molecular formula is C86H155NO8. The minimum Gasteiger partial charge on any atom is -0.545 e. The number of esters is 2. The summed E-state index contributed by atoms with van der Waals surface area (Å²) < 4.78 is 22.9. The predicted octanol–water partition coefficient (Wildman–Crippen LogP) is 24.8. The molecule has 0 fully saturated rings. The fraction of sp³-hybridized carbons (Fsp3) is 0.802. The number of ether oxygens (including phenoxy) is 4. The van der Waals surface area contributed by atoms with E-state index in [9.17, 15) is 19.5 Å². The first kappa shape index (κ1) is 91.5. The number of carboxylic acid groups (broad SMARTS) is 1. The van der Waals surface area contributed by atoms with E-state index in [1.165, 1.54) is 283 Å². The van der Waals surface area contributed by atoms with Crippen molar-refractivity contribution >= 4 is 17.9 Å². The van der Waals surface area contributed by atoms with Crippen LogP contribution in [0.15, 0.2) is 85.1 Å². The highest BCUT2D eigenvalue weighted by molar-refractivity contribution is 5.70. The summed E-state index contributed by atoms with van der Waals surface area (Å²) in [6.07, 6.45) is 101. The average Bonchev–Trinajstić information content (AvgIpc) is 3.58. The lowest BCUT2D eigenvalue weighted by molar-refractivity contribution is -0.870. The predicted molar refractivity (Wildman–Crippen MR) is 408 cm³/mol. The molecule has 0 aromatic rings. The van der Waals surface area contributed by atoms with Gasteiger partial charge in [-0.05, 0) is 89.9 Å². The van der Waals surface area contributed by atoms with Crippen LogP contribution in [0.4, 0.5) is 0 Å². The van der Waals surface area contributed by atoms with Crippen molar-refractivity contribution < 1.29 is 42.9 Å². The molecule has 0 bridgehead atoms. The lowest BCUT2D eigenvalue weighted by Gasteiger charge is -2.26. The maximum absolute atomic E-state index is 13.0. The Morgan fingerprint density at radius 3 is 0.905 bits per heavy atom. The number of rotatable bonds is 76. The molecule has 0 rings (SSSR count). The summed E-state index contributed by atoms with van der Waals surface area (Å²) in [5.74, 6) is -2.26. The molecule has 0 aromatic carbocycles. The van der Waals surface area contributed by atoms with E-state index in [0.717, 1.165) is 70.6 Å². The lowest BCUT2D eigenvalue weighted by Crippen LogP contribution is -2.44. The van der Waals surface area contributed by atoms with E-state index >= 15 is 0 Å². The smallest absolute Gasteiger partial charge is 0.306 e. The molecule has 0 amide bonds. The Morgan fingerprint density at radius 2 is 0.600 bits per heavy atom. The highest BCUT2D eigenvalue weighted by atomic mass is 16.7. The molecular weight excluding hydrogens is 1170 g/mol. The number of aliphatic carboxylic acids is 1. The first-order valence-electron chi connectivity index (χ1n) is 40.7. The van der Waals surface area contributed by atoms with Crippen LogP contribution in [-0.2, 0) is 33.3 Å². The first-order chi connectivity index (χ1) is 46.6. The van der Waals surface area contributed by atoms with Gasteiger partial charge in [0.15, 0.2) is 12.4 Å². The first-order valence-corrected chi connectivity index (χ1v) is 40.7. The fourth-order valence-corrected chi connectivity index (χ4v) is 12.0. The van der Waals surface area contributed by atoms with E-state index in [2.05, 4.69) is 98.9 Å². The van der Waals surface area contributed by atoms with Crippen LogP contribution in [0, 0.1) is 0 Å². The minimum atomic E-state index is -1.62. The summed E-state index contributed by atoms with van der Waals surface area (Å²) >= 11 is 0. The van der Waals surface area contributed by atoms with Gasteiger partial charge >= 0.3 is 11.9 Å². The Bertz CT molecular complexity index is 1840. The molecule has 2 atom stereocenters. The lowest BCUT2D eigenvalue weighted by atomic mass is 10.0. The van der Waals surface area contributed by atoms with Gasteiger partial charge in [0.05, 0.1) is 40.3 Å². The zero-order valence-corrected chi connectivity index (χ0v) is 63.3. The number of hydrogen-bond donors (Lipinski definition) is 0. The third-order valence-corrected chi connectivity index (χ3v) is 18.1. The van der Waals surface area contributed by atoms with Crippen molar-refractivity contribution in [2.75, 3.05) is 47.5 Å². The van der Waals surface area contributed by atoms with Crippen molar-refractivity contribution in [2.24, 2.45) is 0 Å². The number of carboxylic acids is 1. The Balaban J connectivity index is 3.99. The van der Waals surface area contributed by atoms with E-state index in [-0.39, 0.29) is 32.2 Å². The van der Waals surface area contributed by atoms with E-state index in [4.69, 9.17) is 18.9 Å². The van der Waals surface area contributed by atoms with E-state index < -0.39 is 24.3 Å². The highest BCUT2D eigenvalue weighted by Crippen LogP contribution is 2.19. The van der Waals surface area contributed by atoms with Crippen molar-refractivity contribution in [3.05, 3.63) is 85.1 Å². The standard InChI is InChI=1S/C86H155NO8/c1-6-8-10-12-14-16-18-20-22-24-26-28-30-32-34-36-38-40-42-44-46-48-50-52-54-56-58-60-62-64-66-68-70-72-74-76-83(88)93-80-82(81-94-86(85(90)91)92-79-78-87(3,4)5)95-84(89)77-75-73-71-69-67-65-63-61-59-57-55-53-51-49-47-45-43-41-39-37-35-33-31-29-27-25-23-21-19-17-15-13-11-9-7-2/h9,11,15,17,21,23-24,26-27,29,33,35,39,41,82,86H,6-8,10,12-14,16,18-20,22,25,28,30-32,34,36-38,40,42-81H2,1-5H3/b11-9-,17-15-,23-21-,26-24-,29-27-,35-33-,41-39-. The van der Waals surface area contributed by atoms with Crippen molar-refractivity contribution in [3.63, 3.8) is 0 Å². The second-order valence-corrected chi connectivity index (χ2v) is 28.7. The molecule has 0 radical (unpaired) electrons. The van der Waals surface area contributed by atoms with Gasteiger partial charge in [-0.1, -0.05) is 369 Å². The van der Waals surface area contributed by atoms with Crippen LogP contribution in [0.3, 0.4) is 0 Å². The summed E-state index contributed by atoms with van der Waals surface area (Å²) in [7, 11) is 5.95. The minimum absolute atomic E-state index is 0.148. The molecule has 0 aliphatic rings. The summed E-state index contributed by atoms with van der Waals surface area (Å²) in [6.45, 7) is 4.69. The van der Waals surface area contributed by atoms with Crippen LogP contribution in [-0.4, -0.2) is 82.3 Å². The van der Waals surface area contributed by atoms with Crippen LogP contribution in [0.1, 0.15) is 386 Å². The van der Waals surface area contributed by atoms with Crippen LogP contribution in [0.5, 0.6) is 0 Å². The Labute approximate surface area is 589 Å². The SMILES string of the molecule is CC/C=C\C/C=C\C/C=C\C/C=C\C/C=C\C/C=C\CCCCCCCCCCCCCCCCCCC(=O)OC(COC(=O)CCCCCCCCCCCCCCCCCCCCCCCCC/C=C\CCCCCCCCCC)COC(OCC[N+](C)(C)C)C(=O)[O-]. The fourth-order valence-electron chi connectivity index (χ4n) is 12.0. The molecule has 0 spiro atoms. The normalized spacial score (nSPS) is 13.1. The molecule has 0 aromatic heterocycles. The Kier molecular flexibility index (Phi) is 73.4. The third kappa shape index (κ3) is 77.7. The second-order valence-electron chi connectivity index (χ2n) is 28.7. The third-order valence-electron chi connectivity index (χ3n) is 18.1. The number of hydrogen-bond acceptors (Lipinski definition) is 8. The number of quaternary nitrogens is 1. The van der Waals surface area contributed by atoms with Gasteiger partial charge in [-0.3, -0.25) is 9.59 Å². The van der Waals surface area contributed by atoms with Gasteiger partial charge in [-0.25, -0.2) is 0 Å². The van der Waals surface area contributed by atoms with Crippen LogP contribution >= 0.6 is 0 Å². The molecule has 95 heavy (non-hydrogen) atoms. The van der Waals surface area contributed by atoms with Crippen molar-refractivity contribution in [1.29, 1.82) is 0 Å². The average molecular weight is 1330 g/mol. The number of carbonyl (C=O) groups excluding carboxylic acids is 3. The van der Waals surface area contributed by atoms with Crippen LogP contribution in [0.2, 0.25) is 0 Å². The monoisotopic (exact) mass is 1330 g/mol. The summed E-state index contributed by atoms with van der Waals surface area (Å²) in [5.41, 5.74) is 0. The summed E-state index contributed by atoms with van der Waals surface area (Å²) in [5, 5.41) is 11.9. The number of likely N-dealkylation sites (N-methyl/N-ethyl adjacent to an activating group) is 1. The number of unbranched alkanes of at least 4 members (excludes halogenated alkanes) is 47. The topological polar surface area (TPSA) is 111 Å². The summed E-state index contributed by atoms with van der Waals surface area (Å²) in [6, 6.07) is 0. The zero-order chi connectivity index (χ0) is 69.0. The highest BCUT2D eigenvalue weighted by Gasteiger charge is 2.22. The number of nitrogens with zero attached hydrogens (tertiary/aromatic N) is 1. The van der Waals surface area contributed by atoms with E-state index in [1.54, 1.807) is 0 Å². The number of carbonyl (C=O) groups is 3. The molecule has 552 valence electrons. The molecule has 9 heteroatoms. The van der Waals surface area contributed by atoms with Gasteiger partial charge in [0.2, 0.25) is 0 Å². The molecule has 0 aliphatic heterocycles. The van der Waals surface area contributed by atoms with E-state index in [0.29, 0.717) is 23.9 Å². The van der Waals surface area contributed by atoms with Gasteiger partial charge in [-0.15, -0.1) is 0 Å². The van der Waals surface area contributed by atoms with Gasteiger partial charge in [0.1, 0.15) is 13.2 Å². The molecule has 0 saturated heterocycles. The van der Waals surface area contributed by atoms with Crippen molar-refractivity contribution in [3.8, 4) is 0 Å². The van der Waals surface area contributed by atoms with Gasteiger partial charge in [-0.2, -0.15) is 0 Å². The largest absolute Gasteiger partial charge is 0.545 e.